The molecule has 2 N–H and O–H groups in total. The highest BCUT2D eigenvalue weighted by atomic mass is 19.4. The SMILES string of the molecule is Cc1c(N2CCN(Cc3cccc(-c4ncco4)c3)CC2)c(=O)n(C[C@H](NCCCC(=O)O)c2ccccc2)c(=O)n1Cc1c(F)cccc1C(F)(F)F. The lowest BCUT2D eigenvalue weighted by atomic mass is 10.1. The van der Waals surface area contributed by atoms with Crippen molar-refractivity contribution in [3.63, 3.8) is 0 Å². The monoisotopic (exact) mass is 748 g/mol. The molecule has 5 aromatic rings. The van der Waals surface area contributed by atoms with Crippen LogP contribution in [0.25, 0.3) is 11.5 Å². The average molecular weight is 749 g/mol. The van der Waals surface area contributed by atoms with Crippen LogP contribution in [0.1, 0.15) is 46.8 Å². The van der Waals surface area contributed by atoms with Crippen LogP contribution < -0.4 is 21.5 Å². The minimum atomic E-state index is -4.89. The Balaban J connectivity index is 1.35. The predicted octanol–water partition coefficient (Wildman–Crippen LogP) is 5.70. The summed E-state index contributed by atoms with van der Waals surface area (Å²) in [5.74, 6) is -1.59. The van der Waals surface area contributed by atoms with Gasteiger partial charge in [-0.2, -0.15) is 13.2 Å². The van der Waals surface area contributed by atoms with E-state index in [0.717, 1.165) is 38.5 Å². The summed E-state index contributed by atoms with van der Waals surface area (Å²) in [4.78, 5) is 48.1. The molecule has 2 aromatic heterocycles. The van der Waals surface area contributed by atoms with E-state index in [4.69, 9.17) is 9.52 Å². The van der Waals surface area contributed by atoms with Crippen molar-refractivity contribution in [2.24, 2.45) is 0 Å². The number of hydrogen-bond donors (Lipinski definition) is 2. The fourth-order valence-electron chi connectivity index (χ4n) is 6.87. The van der Waals surface area contributed by atoms with Gasteiger partial charge >= 0.3 is 17.8 Å². The molecule has 3 heterocycles. The van der Waals surface area contributed by atoms with Gasteiger partial charge in [0.05, 0.1) is 30.9 Å². The molecule has 1 aliphatic heterocycles. The van der Waals surface area contributed by atoms with Gasteiger partial charge in [0.15, 0.2) is 0 Å². The standard InChI is InChI=1S/C39H40F4N6O5/c1-26-35(47-19-17-46(18-20-47)23-27-8-5-11-29(22-27)36-45-16-21-54-36)37(52)49(25-33(28-9-3-2-4-10-28)44-15-7-14-34(50)51)38(53)48(26)24-30-31(39(41,42)43)12-6-13-32(30)40/h2-6,8-13,16,21-22,33,44H,7,14-15,17-20,23-25H2,1H3,(H,50,51)/t33-/m0/s1. The molecule has 1 fully saturated rings. The number of nitrogens with one attached hydrogen (secondary N) is 1. The van der Waals surface area contributed by atoms with Crippen LogP contribution in [0.3, 0.4) is 0 Å². The van der Waals surface area contributed by atoms with Gasteiger partial charge in [-0.25, -0.2) is 14.2 Å². The number of piperazine rings is 1. The molecule has 0 radical (unpaired) electrons. The van der Waals surface area contributed by atoms with Crippen molar-refractivity contribution in [2.75, 3.05) is 37.6 Å². The summed E-state index contributed by atoms with van der Waals surface area (Å²) in [5.41, 5.74) is -0.609. The van der Waals surface area contributed by atoms with Gasteiger partial charge in [0.25, 0.3) is 5.56 Å². The van der Waals surface area contributed by atoms with Crippen molar-refractivity contribution in [2.45, 2.75) is 51.6 Å². The maximum atomic E-state index is 15.2. The van der Waals surface area contributed by atoms with Crippen LogP contribution in [-0.4, -0.2) is 62.8 Å². The number of hydrogen-bond acceptors (Lipinski definition) is 8. The lowest BCUT2D eigenvalue weighted by Gasteiger charge is -2.37. The molecule has 0 bridgehead atoms. The topological polar surface area (TPSA) is 126 Å². The Hall–Kier alpha value is -5.54. The number of aliphatic carboxylic acids is 1. The Morgan fingerprint density at radius 2 is 1.70 bits per heavy atom. The van der Waals surface area contributed by atoms with Gasteiger partial charge in [-0.1, -0.05) is 48.5 Å². The van der Waals surface area contributed by atoms with Gasteiger partial charge in [-0.3, -0.25) is 23.6 Å². The molecule has 0 saturated carbocycles. The number of oxazole rings is 1. The lowest BCUT2D eigenvalue weighted by molar-refractivity contribution is -0.138. The summed E-state index contributed by atoms with van der Waals surface area (Å²) in [6.07, 6.45) is -1.63. The molecule has 0 unspecified atom stereocenters. The molecule has 0 amide bonds. The van der Waals surface area contributed by atoms with Crippen LogP contribution in [0.2, 0.25) is 0 Å². The number of halogens is 4. The molecular formula is C39H40F4N6O5. The first-order valence-corrected chi connectivity index (χ1v) is 17.6. The molecule has 6 rings (SSSR count). The number of alkyl halides is 3. The van der Waals surface area contributed by atoms with Crippen molar-refractivity contribution >= 4 is 11.7 Å². The van der Waals surface area contributed by atoms with Crippen molar-refractivity contribution in [3.8, 4) is 11.5 Å². The van der Waals surface area contributed by atoms with E-state index in [2.05, 4.69) is 15.2 Å². The molecule has 0 aliphatic carbocycles. The number of rotatable bonds is 14. The van der Waals surface area contributed by atoms with Gasteiger partial charge in [0, 0.05) is 56.0 Å². The largest absolute Gasteiger partial charge is 0.481 e. The summed E-state index contributed by atoms with van der Waals surface area (Å²) in [6, 6.07) is 18.8. The van der Waals surface area contributed by atoms with E-state index in [-0.39, 0.29) is 37.3 Å². The summed E-state index contributed by atoms with van der Waals surface area (Å²) < 4.78 is 65.0. The second-order valence-electron chi connectivity index (χ2n) is 13.2. The predicted molar refractivity (Wildman–Crippen MR) is 194 cm³/mol. The second kappa shape index (κ2) is 16.6. The zero-order valence-electron chi connectivity index (χ0n) is 29.6. The van der Waals surface area contributed by atoms with Gasteiger partial charge in [-0.15, -0.1) is 0 Å². The van der Waals surface area contributed by atoms with E-state index in [1.807, 2.05) is 29.2 Å². The second-order valence-corrected chi connectivity index (χ2v) is 13.2. The molecule has 284 valence electrons. The van der Waals surface area contributed by atoms with E-state index in [0.29, 0.717) is 44.2 Å². The summed E-state index contributed by atoms with van der Waals surface area (Å²) >= 11 is 0. The first kappa shape index (κ1) is 38.2. The average Bonchev–Trinajstić information content (AvgIpc) is 3.69. The lowest BCUT2D eigenvalue weighted by Crippen LogP contribution is -2.51. The van der Waals surface area contributed by atoms with Crippen LogP contribution in [0.4, 0.5) is 23.2 Å². The van der Waals surface area contributed by atoms with Gasteiger partial charge in [-0.05, 0) is 55.3 Å². The maximum absolute atomic E-state index is 15.2. The zero-order chi connectivity index (χ0) is 38.4. The molecule has 3 aromatic carbocycles. The minimum absolute atomic E-state index is 0.0985. The Kier molecular flexibility index (Phi) is 11.8. The van der Waals surface area contributed by atoms with Crippen LogP contribution in [-0.2, 0) is 30.6 Å². The van der Waals surface area contributed by atoms with Crippen LogP contribution in [0.15, 0.2) is 99.3 Å². The number of carbonyl (C=O) groups is 1. The number of anilines is 1. The highest BCUT2D eigenvalue weighted by Gasteiger charge is 2.35. The number of aromatic nitrogens is 3. The van der Waals surface area contributed by atoms with E-state index < -0.39 is 52.9 Å². The number of benzene rings is 3. The first-order valence-electron chi connectivity index (χ1n) is 17.6. The Morgan fingerprint density at radius 3 is 2.39 bits per heavy atom. The van der Waals surface area contributed by atoms with E-state index in [9.17, 15) is 27.6 Å². The quantitative estimate of drug-likeness (QED) is 0.109. The normalized spacial score (nSPS) is 14.4. The van der Waals surface area contributed by atoms with Crippen molar-refractivity contribution in [1.82, 2.24) is 24.3 Å². The summed E-state index contributed by atoms with van der Waals surface area (Å²) in [6.45, 7) is 3.18. The molecule has 54 heavy (non-hydrogen) atoms. The number of nitrogens with zero attached hydrogens (tertiary/aromatic N) is 5. The Morgan fingerprint density at radius 1 is 0.963 bits per heavy atom. The van der Waals surface area contributed by atoms with Crippen LogP contribution in [0.5, 0.6) is 0 Å². The first-order chi connectivity index (χ1) is 25.9. The van der Waals surface area contributed by atoms with Gasteiger partial charge in [0.2, 0.25) is 5.89 Å². The van der Waals surface area contributed by atoms with E-state index in [1.165, 1.54) is 13.2 Å². The minimum Gasteiger partial charge on any atom is -0.481 e. The number of carboxylic acids is 1. The zero-order valence-corrected chi connectivity index (χ0v) is 29.6. The maximum Gasteiger partial charge on any atom is 0.416 e. The highest BCUT2D eigenvalue weighted by Crippen LogP contribution is 2.34. The third-order valence-electron chi connectivity index (χ3n) is 9.62. The highest BCUT2D eigenvalue weighted by molar-refractivity contribution is 5.66. The number of carboxylic acid groups (broad SMARTS) is 1. The third kappa shape index (κ3) is 8.80. The Labute approximate surface area is 308 Å². The molecule has 11 nitrogen and oxygen atoms in total. The van der Waals surface area contributed by atoms with Crippen LogP contribution >= 0.6 is 0 Å². The molecule has 1 atom stereocenters. The third-order valence-corrected chi connectivity index (χ3v) is 9.62. The van der Waals surface area contributed by atoms with E-state index in [1.54, 1.807) is 36.5 Å². The molecule has 15 heteroatoms. The van der Waals surface area contributed by atoms with Crippen molar-refractivity contribution in [3.05, 3.63) is 140 Å². The summed E-state index contributed by atoms with van der Waals surface area (Å²) in [5, 5.41) is 12.4. The van der Waals surface area contributed by atoms with Gasteiger partial charge in [0.1, 0.15) is 17.8 Å². The van der Waals surface area contributed by atoms with E-state index >= 15 is 4.39 Å². The van der Waals surface area contributed by atoms with Crippen LogP contribution in [0, 0.1) is 12.7 Å². The molecular weight excluding hydrogens is 708 g/mol. The summed E-state index contributed by atoms with van der Waals surface area (Å²) in [7, 11) is 0. The smallest absolute Gasteiger partial charge is 0.416 e. The molecule has 1 aliphatic rings. The van der Waals surface area contributed by atoms with Gasteiger partial charge < -0.3 is 19.7 Å². The Bertz CT molecular complexity index is 2180. The molecule has 0 spiro atoms. The van der Waals surface area contributed by atoms with Crippen molar-refractivity contribution in [1.29, 1.82) is 0 Å². The fraction of sp³-hybridized carbons (Fsp3) is 0.333. The fourth-order valence-corrected chi connectivity index (χ4v) is 6.87. The van der Waals surface area contributed by atoms with Crippen molar-refractivity contribution < 1.29 is 31.9 Å². The molecule has 1 saturated heterocycles.